The number of halogens is 1. The zero-order valence-corrected chi connectivity index (χ0v) is 25.5. The van der Waals surface area contributed by atoms with Gasteiger partial charge in [-0.2, -0.15) is 0 Å². The highest BCUT2D eigenvalue weighted by atomic mass is 32.2. The summed E-state index contributed by atoms with van der Waals surface area (Å²) in [6, 6.07) is 16.6. The van der Waals surface area contributed by atoms with Crippen molar-refractivity contribution in [1.29, 1.82) is 0 Å². The summed E-state index contributed by atoms with van der Waals surface area (Å²) in [6.45, 7) is 6.09. The van der Waals surface area contributed by atoms with Crippen molar-refractivity contribution < 1.29 is 33.3 Å². The number of ketones is 1. The van der Waals surface area contributed by atoms with Crippen LogP contribution in [0.2, 0.25) is 0 Å². The van der Waals surface area contributed by atoms with Gasteiger partial charge in [0.05, 0.1) is 25.3 Å². The lowest BCUT2D eigenvalue weighted by Crippen LogP contribution is -2.29. The summed E-state index contributed by atoms with van der Waals surface area (Å²) in [5.74, 6) is -0.487. The molecule has 1 aliphatic rings. The van der Waals surface area contributed by atoms with Crippen molar-refractivity contribution in [2.75, 3.05) is 25.2 Å². The molecule has 4 aromatic rings. The fourth-order valence-electron chi connectivity index (χ4n) is 4.56. The molecule has 3 aromatic carbocycles. The topological polar surface area (TPSA) is 111 Å². The maximum absolute atomic E-state index is 13.6. The minimum absolute atomic E-state index is 0.113. The molecular formula is C32H28FN3O6S2. The van der Waals surface area contributed by atoms with Gasteiger partial charge in [0.15, 0.2) is 15.8 Å². The molecule has 226 valence electrons. The normalized spacial score (nSPS) is 15.8. The van der Waals surface area contributed by atoms with Crippen LogP contribution in [0.1, 0.15) is 29.7 Å². The van der Waals surface area contributed by atoms with Gasteiger partial charge < -0.3 is 19.3 Å². The van der Waals surface area contributed by atoms with Crippen molar-refractivity contribution >= 4 is 45.7 Å². The lowest BCUT2D eigenvalue weighted by atomic mass is 9.95. The number of rotatable bonds is 12. The van der Waals surface area contributed by atoms with E-state index in [0.717, 1.165) is 16.9 Å². The van der Waals surface area contributed by atoms with E-state index >= 15 is 0 Å². The Morgan fingerprint density at radius 2 is 1.82 bits per heavy atom. The van der Waals surface area contributed by atoms with Crippen LogP contribution < -0.4 is 19.1 Å². The second-order valence-corrected chi connectivity index (χ2v) is 11.6. The van der Waals surface area contributed by atoms with E-state index in [1.165, 1.54) is 35.9 Å². The molecule has 0 bridgehead atoms. The lowest BCUT2D eigenvalue weighted by molar-refractivity contribution is -0.132. The molecule has 5 rings (SSSR count). The molecule has 0 spiro atoms. The number of thioether (sulfide) groups is 1. The Hall–Kier alpha value is -4.68. The Labute approximate surface area is 261 Å². The van der Waals surface area contributed by atoms with E-state index in [1.54, 1.807) is 60.7 Å². The molecule has 1 unspecified atom stereocenters. The average molecular weight is 634 g/mol. The fraction of sp³-hybridized carbons (Fsp3) is 0.188. The first kappa shape index (κ1) is 30.8. The van der Waals surface area contributed by atoms with E-state index in [0.29, 0.717) is 45.1 Å². The van der Waals surface area contributed by atoms with Crippen LogP contribution in [0.5, 0.6) is 17.2 Å². The summed E-state index contributed by atoms with van der Waals surface area (Å²) in [6.07, 6.45) is 1.61. The molecule has 0 aliphatic carbocycles. The summed E-state index contributed by atoms with van der Waals surface area (Å²) in [5.41, 5.74) is 1.59. The predicted molar refractivity (Wildman–Crippen MR) is 167 cm³/mol. The Bertz CT molecular complexity index is 1710. The lowest BCUT2D eigenvalue weighted by Gasteiger charge is -2.23. The molecule has 1 atom stereocenters. The zero-order valence-electron chi connectivity index (χ0n) is 23.9. The molecule has 1 N–H and O–H groups in total. The summed E-state index contributed by atoms with van der Waals surface area (Å²) in [4.78, 5) is 28.5. The Morgan fingerprint density at radius 3 is 2.50 bits per heavy atom. The van der Waals surface area contributed by atoms with Crippen LogP contribution in [0.25, 0.3) is 5.76 Å². The molecule has 1 aromatic heterocycles. The predicted octanol–water partition coefficient (Wildman–Crippen LogP) is 6.57. The maximum atomic E-state index is 13.6. The van der Waals surface area contributed by atoms with Gasteiger partial charge in [-0.05, 0) is 66.6 Å². The number of anilines is 1. The van der Waals surface area contributed by atoms with Gasteiger partial charge >= 0.3 is 5.91 Å². The SMILES string of the molecule is C=CCOc1ccc(C2C(=C(O)c3ccc(OC)cc3)C(=O)C(=O)N2c2nnc(SCc3ccc(F)cc3)s2)cc1OCC. The first-order chi connectivity index (χ1) is 21.3. The van der Waals surface area contributed by atoms with Gasteiger partial charge in [-0.3, -0.25) is 14.5 Å². The molecule has 12 heteroatoms. The van der Waals surface area contributed by atoms with Crippen molar-refractivity contribution in [3.63, 3.8) is 0 Å². The number of carbonyl (C=O) groups is 2. The van der Waals surface area contributed by atoms with Gasteiger partial charge in [-0.1, -0.05) is 54.0 Å². The van der Waals surface area contributed by atoms with Crippen LogP contribution in [0.3, 0.4) is 0 Å². The highest BCUT2D eigenvalue weighted by Crippen LogP contribution is 2.45. The maximum Gasteiger partial charge on any atom is 0.301 e. The quantitative estimate of drug-likeness (QED) is 0.0463. The van der Waals surface area contributed by atoms with Gasteiger partial charge in [-0.25, -0.2) is 4.39 Å². The minimum Gasteiger partial charge on any atom is -0.507 e. The van der Waals surface area contributed by atoms with Crippen LogP contribution in [-0.4, -0.2) is 47.3 Å². The summed E-state index contributed by atoms with van der Waals surface area (Å²) in [7, 11) is 1.52. The second kappa shape index (κ2) is 13.7. The molecule has 0 radical (unpaired) electrons. The van der Waals surface area contributed by atoms with Crippen molar-refractivity contribution in [1.82, 2.24) is 10.2 Å². The molecular weight excluding hydrogens is 605 g/mol. The number of aliphatic hydroxyl groups excluding tert-OH is 1. The number of hydrogen-bond acceptors (Lipinski definition) is 10. The molecule has 0 saturated carbocycles. The number of aliphatic hydroxyl groups is 1. The highest BCUT2D eigenvalue weighted by Gasteiger charge is 2.48. The standard InChI is InChI=1S/C32H28FN3O6S2/c1-4-16-42-24-15-10-21(17-25(24)41-5-2)27-26(28(37)20-8-13-23(40-3)14-9-20)29(38)30(39)36(27)31-34-35-32(44-31)43-18-19-6-11-22(33)12-7-19/h4,6-15,17,27,37H,1,5,16,18H2,2-3H3. The van der Waals surface area contributed by atoms with Gasteiger partial charge in [0.25, 0.3) is 5.78 Å². The Balaban J connectivity index is 1.57. The van der Waals surface area contributed by atoms with Crippen LogP contribution in [0.15, 0.2) is 89.3 Å². The molecule has 1 amide bonds. The van der Waals surface area contributed by atoms with Gasteiger partial charge in [0, 0.05) is 11.3 Å². The second-order valence-electron chi connectivity index (χ2n) is 9.40. The van der Waals surface area contributed by atoms with Crippen LogP contribution in [0, 0.1) is 5.82 Å². The highest BCUT2D eigenvalue weighted by molar-refractivity contribution is 8.00. The third kappa shape index (κ3) is 6.46. The number of Topliss-reactive ketones (excluding diaryl/α,β-unsaturated/α-hetero) is 1. The number of hydrogen-bond donors (Lipinski definition) is 1. The molecule has 1 fully saturated rings. The first-order valence-electron chi connectivity index (χ1n) is 13.5. The fourth-order valence-corrected chi connectivity index (χ4v) is 6.39. The Kier molecular flexibility index (Phi) is 9.61. The number of amides is 1. The zero-order chi connectivity index (χ0) is 31.2. The number of nitrogens with zero attached hydrogens (tertiary/aromatic N) is 3. The summed E-state index contributed by atoms with van der Waals surface area (Å²) >= 11 is 2.50. The molecule has 1 aliphatic heterocycles. The summed E-state index contributed by atoms with van der Waals surface area (Å²) < 4.78 is 30.6. The third-order valence-corrected chi connectivity index (χ3v) is 8.75. The van der Waals surface area contributed by atoms with E-state index in [2.05, 4.69) is 16.8 Å². The number of carbonyl (C=O) groups excluding carboxylic acids is 2. The van der Waals surface area contributed by atoms with E-state index in [1.807, 2.05) is 6.92 Å². The average Bonchev–Trinajstić information content (AvgIpc) is 3.61. The smallest absolute Gasteiger partial charge is 0.301 e. The molecule has 44 heavy (non-hydrogen) atoms. The van der Waals surface area contributed by atoms with Crippen molar-refractivity contribution in [2.45, 2.75) is 23.1 Å². The van der Waals surface area contributed by atoms with E-state index in [9.17, 15) is 19.1 Å². The van der Waals surface area contributed by atoms with Crippen molar-refractivity contribution in [3.8, 4) is 17.2 Å². The number of methoxy groups -OCH3 is 1. The number of benzene rings is 3. The largest absolute Gasteiger partial charge is 0.507 e. The van der Waals surface area contributed by atoms with Crippen LogP contribution in [0.4, 0.5) is 9.52 Å². The van der Waals surface area contributed by atoms with E-state index < -0.39 is 17.7 Å². The molecule has 1 saturated heterocycles. The third-order valence-electron chi connectivity index (χ3n) is 6.63. The van der Waals surface area contributed by atoms with Gasteiger partial charge in [0.1, 0.15) is 23.9 Å². The van der Waals surface area contributed by atoms with E-state index in [4.69, 9.17) is 14.2 Å². The van der Waals surface area contributed by atoms with Gasteiger partial charge in [0.2, 0.25) is 5.13 Å². The molecule has 9 nitrogen and oxygen atoms in total. The van der Waals surface area contributed by atoms with Crippen LogP contribution >= 0.6 is 23.1 Å². The van der Waals surface area contributed by atoms with E-state index in [-0.39, 0.29) is 28.9 Å². The minimum atomic E-state index is -1.05. The first-order valence-corrected chi connectivity index (χ1v) is 15.3. The van der Waals surface area contributed by atoms with Crippen molar-refractivity contribution in [3.05, 3.63) is 107 Å². The number of aromatic nitrogens is 2. The molecule has 2 heterocycles. The Morgan fingerprint density at radius 1 is 1.07 bits per heavy atom. The van der Waals surface area contributed by atoms with Gasteiger partial charge in [-0.15, -0.1) is 10.2 Å². The monoisotopic (exact) mass is 633 g/mol. The number of ether oxygens (including phenoxy) is 3. The summed E-state index contributed by atoms with van der Waals surface area (Å²) in [5, 5.41) is 20.1. The van der Waals surface area contributed by atoms with Crippen molar-refractivity contribution in [2.24, 2.45) is 0 Å². The van der Waals surface area contributed by atoms with Crippen LogP contribution in [-0.2, 0) is 15.3 Å².